The van der Waals surface area contributed by atoms with E-state index in [1.807, 2.05) is 31.2 Å². The van der Waals surface area contributed by atoms with Crippen LogP contribution in [0.5, 0.6) is 0 Å². The van der Waals surface area contributed by atoms with E-state index < -0.39 is 0 Å². The second kappa shape index (κ2) is 6.17. The Morgan fingerprint density at radius 2 is 2.21 bits per heavy atom. The van der Waals surface area contributed by atoms with Gasteiger partial charge in [-0.15, -0.1) is 0 Å². The Hall–Kier alpha value is -1.39. The molecule has 1 aliphatic carbocycles. The minimum atomic E-state index is -0.0381. The van der Waals surface area contributed by atoms with Crippen LogP contribution in [-0.2, 0) is 9.53 Å². The van der Waals surface area contributed by atoms with Crippen molar-refractivity contribution >= 4 is 11.6 Å². The average Bonchev–Trinajstić information content (AvgIpc) is 2.32. The van der Waals surface area contributed by atoms with Crippen molar-refractivity contribution in [3.05, 3.63) is 29.8 Å². The molecule has 4 nitrogen and oxygen atoms in total. The molecule has 4 heteroatoms. The third-order valence-corrected chi connectivity index (χ3v) is 3.73. The van der Waals surface area contributed by atoms with Gasteiger partial charge in [-0.3, -0.25) is 4.79 Å². The topological polar surface area (TPSA) is 50.4 Å². The zero-order valence-electron chi connectivity index (χ0n) is 11.7. The van der Waals surface area contributed by atoms with Gasteiger partial charge in [-0.25, -0.2) is 0 Å². The molecule has 1 aliphatic rings. The Labute approximate surface area is 114 Å². The largest absolute Gasteiger partial charge is 0.377 e. The van der Waals surface area contributed by atoms with Gasteiger partial charge in [0.05, 0.1) is 12.1 Å². The van der Waals surface area contributed by atoms with Crippen LogP contribution in [0, 0.1) is 6.92 Å². The quantitative estimate of drug-likeness (QED) is 0.825. The highest BCUT2D eigenvalue weighted by molar-refractivity contribution is 5.92. The summed E-state index contributed by atoms with van der Waals surface area (Å²) in [6.45, 7) is 3.07. The van der Waals surface area contributed by atoms with Gasteiger partial charge >= 0.3 is 0 Å². The Morgan fingerprint density at radius 1 is 1.42 bits per heavy atom. The van der Waals surface area contributed by atoms with E-state index in [2.05, 4.69) is 10.6 Å². The summed E-state index contributed by atoms with van der Waals surface area (Å²) in [5, 5.41) is 6.06. The molecule has 2 rings (SSSR count). The number of methoxy groups -OCH3 is 1. The van der Waals surface area contributed by atoms with Gasteiger partial charge in [0.1, 0.15) is 0 Å². The van der Waals surface area contributed by atoms with Crippen molar-refractivity contribution in [3.8, 4) is 0 Å². The summed E-state index contributed by atoms with van der Waals surface area (Å²) in [7, 11) is 1.74. The standard InChI is InChI=1S/C15H22N2O2/c1-12-5-3-6-13(9-12)17-14(18)10-16-11-15(19-2)7-4-8-15/h3,5-6,9,16H,4,7-8,10-11H2,1-2H3,(H,17,18). The molecular formula is C15H22N2O2. The molecule has 1 saturated carbocycles. The van der Waals surface area contributed by atoms with Crippen molar-refractivity contribution in [1.82, 2.24) is 5.32 Å². The first-order chi connectivity index (χ1) is 9.13. The normalized spacial score (nSPS) is 16.7. The molecule has 1 amide bonds. The van der Waals surface area contributed by atoms with E-state index in [1.54, 1.807) is 7.11 Å². The highest BCUT2D eigenvalue weighted by Crippen LogP contribution is 2.34. The molecule has 0 bridgehead atoms. The number of aryl methyl sites for hydroxylation is 1. The molecular weight excluding hydrogens is 240 g/mol. The van der Waals surface area contributed by atoms with Gasteiger partial charge in [0.15, 0.2) is 0 Å². The van der Waals surface area contributed by atoms with Crippen LogP contribution in [0.2, 0.25) is 0 Å². The van der Waals surface area contributed by atoms with Crippen LogP contribution in [-0.4, -0.2) is 31.7 Å². The number of amides is 1. The van der Waals surface area contributed by atoms with E-state index in [-0.39, 0.29) is 11.5 Å². The van der Waals surface area contributed by atoms with E-state index >= 15 is 0 Å². The molecule has 0 radical (unpaired) electrons. The zero-order chi connectivity index (χ0) is 13.7. The van der Waals surface area contributed by atoms with E-state index in [0.717, 1.165) is 30.6 Å². The van der Waals surface area contributed by atoms with Crippen LogP contribution in [0.4, 0.5) is 5.69 Å². The van der Waals surface area contributed by atoms with Crippen molar-refractivity contribution in [2.24, 2.45) is 0 Å². The summed E-state index contributed by atoms with van der Waals surface area (Å²) in [6.07, 6.45) is 3.37. The number of carbonyl (C=O) groups excluding carboxylic acids is 1. The monoisotopic (exact) mass is 262 g/mol. The van der Waals surface area contributed by atoms with Gasteiger partial charge in [-0.2, -0.15) is 0 Å². The third-order valence-electron chi connectivity index (χ3n) is 3.73. The number of carbonyl (C=O) groups is 1. The zero-order valence-corrected chi connectivity index (χ0v) is 11.7. The minimum absolute atomic E-state index is 0.0174. The van der Waals surface area contributed by atoms with Crippen molar-refractivity contribution in [1.29, 1.82) is 0 Å². The van der Waals surface area contributed by atoms with Crippen LogP contribution in [0.1, 0.15) is 24.8 Å². The number of rotatable bonds is 6. The Balaban J connectivity index is 1.73. The lowest BCUT2D eigenvalue weighted by Gasteiger charge is -2.40. The first-order valence-electron chi connectivity index (χ1n) is 6.76. The Kier molecular flexibility index (Phi) is 4.56. The predicted octanol–water partition coefficient (Wildman–Crippen LogP) is 2.09. The Morgan fingerprint density at radius 3 is 2.79 bits per heavy atom. The molecule has 1 aromatic rings. The van der Waals surface area contributed by atoms with Crippen LogP contribution >= 0.6 is 0 Å². The molecule has 1 aromatic carbocycles. The lowest BCUT2D eigenvalue weighted by atomic mass is 9.80. The molecule has 0 heterocycles. The van der Waals surface area contributed by atoms with Crippen molar-refractivity contribution in [3.63, 3.8) is 0 Å². The Bertz CT molecular complexity index is 436. The van der Waals surface area contributed by atoms with E-state index in [1.165, 1.54) is 6.42 Å². The summed E-state index contributed by atoms with van der Waals surface area (Å²) in [5.41, 5.74) is 1.94. The van der Waals surface area contributed by atoms with Gasteiger partial charge in [0, 0.05) is 19.3 Å². The van der Waals surface area contributed by atoms with Crippen LogP contribution in [0.15, 0.2) is 24.3 Å². The number of benzene rings is 1. The van der Waals surface area contributed by atoms with Gasteiger partial charge in [0.2, 0.25) is 5.91 Å². The third kappa shape index (κ3) is 3.78. The van der Waals surface area contributed by atoms with Gasteiger partial charge < -0.3 is 15.4 Å². The highest BCUT2D eigenvalue weighted by Gasteiger charge is 2.36. The molecule has 0 atom stereocenters. The van der Waals surface area contributed by atoms with E-state index in [9.17, 15) is 4.79 Å². The molecule has 0 saturated heterocycles. The van der Waals surface area contributed by atoms with Gasteiger partial charge in [0.25, 0.3) is 0 Å². The maximum absolute atomic E-state index is 11.8. The smallest absolute Gasteiger partial charge is 0.238 e. The molecule has 0 unspecified atom stereocenters. The number of ether oxygens (including phenoxy) is 1. The van der Waals surface area contributed by atoms with Crippen LogP contribution in [0.25, 0.3) is 0 Å². The molecule has 0 aliphatic heterocycles. The van der Waals surface area contributed by atoms with Crippen molar-refractivity contribution in [2.45, 2.75) is 31.8 Å². The van der Waals surface area contributed by atoms with E-state index in [4.69, 9.17) is 4.74 Å². The van der Waals surface area contributed by atoms with Crippen LogP contribution < -0.4 is 10.6 Å². The number of nitrogens with one attached hydrogen (secondary N) is 2. The summed E-state index contributed by atoms with van der Waals surface area (Å²) >= 11 is 0. The minimum Gasteiger partial charge on any atom is -0.377 e. The maximum Gasteiger partial charge on any atom is 0.238 e. The number of anilines is 1. The fraction of sp³-hybridized carbons (Fsp3) is 0.533. The highest BCUT2D eigenvalue weighted by atomic mass is 16.5. The van der Waals surface area contributed by atoms with Crippen molar-refractivity contribution in [2.75, 3.05) is 25.5 Å². The number of hydrogen-bond donors (Lipinski definition) is 2. The molecule has 0 spiro atoms. The average molecular weight is 262 g/mol. The molecule has 104 valence electrons. The second-order valence-corrected chi connectivity index (χ2v) is 5.26. The summed E-state index contributed by atoms with van der Waals surface area (Å²) < 4.78 is 5.50. The lowest BCUT2D eigenvalue weighted by Crippen LogP contribution is -2.49. The maximum atomic E-state index is 11.8. The van der Waals surface area contributed by atoms with Crippen LogP contribution in [0.3, 0.4) is 0 Å². The molecule has 0 aromatic heterocycles. The lowest BCUT2D eigenvalue weighted by molar-refractivity contribution is -0.116. The van der Waals surface area contributed by atoms with Gasteiger partial charge in [-0.05, 0) is 43.9 Å². The molecule has 1 fully saturated rings. The first-order valence-corrected chi connectivity index (χ1v) is 6.76. The van der Waals surface area contributed by atoms with E-state index in [0.29, 0.717) is 6.54 Å². The second-order valence-electron chi connectivity index (χ2n) is 5.26. The van der Waals surface area contributed by atoms with Gasteiger partial charge in [-0.1, -0.05) is 12.1 Å². The van der Waals surface area contributed by atoms with Crippen molar-refractivity contribution < 1.29 is 9.53 Å². The summed E-state index contributed by atoms with van der Waals surface area (Å²) in [6, 6.07) is 7.80. The summed E-state index contributed by atoms with van der Waals surface area (Å²) in [4.78, 5) is 11.8. The SMILES string of the molecule is COC1(CNCC(=O)Nc2cccc(C)c2)CCC1. The predicted molar refractivity (Wildman–Crippen MR) is 76.3 cm³/mol. The fourth-order valence-electron chi connectivity index (χ4n) is 2.36. The molecule has 2 N–H and O–H groups in total. The summed E-state index contributed by atoms with van der Waals surface area (Å²) in [5.74, 6) is -0.0174. The molecule has 19 heavy (non-hydrogen) atoms. The fourth-order valence-corrected chi connectivity index (χ4v) is 2.36. The number of hydrogen-bond acceptors (Lipinski definition) is 3. The first kappa shape index (κ1) is 14.0.